The fourth-order valence-electron chi connectivity index (χ4n) is 5.46. The maximum Gasteiger partial charge on any atom is 0.416 e. The third-order valence-electron chi connectivity index (χ3n) is 8.28. The van der Waals surface area contributed by atoms with Crippen molar-refractivity contribution in [3.63, 3.8) is 0 Å². The van der Waals surface area contributed by atoms with Crippen LogP contribution in [-0.2, 0) is 14.3 Å². The van der Waals surface area contributed by atoms with E-state index in [0.29, 0.717) is 13.1 Å². The van der Waals surface area contributed by atoms with E-state index in [2.05, 4.69) is 19.3 Å². The molecule has 3 amide bonds. The van der Waals surface area contributed by atoms with Crippen LogP contribution in [-0.4, -0.2) is 91.7 Å². The highest BCUT2D eigenvalue weighted by molar-refractivity contribution is 5.90. The van der Waals surface area contributed by atoms with Crippen molar-refractivity contribution >= 4 is 18.1 Å². The van der Waals surface area contributed by atoms with E-state index in [1.54, 1.807) is 0 Å². The zero-order chi connectivity index (χ0) is 30.2. The van der Waals surface area contributed by atoms with Gasteiger partial charge in [0.15, 0.2) is 6.10 Å². The van der Waals surface area contributed by atoms with Crippen molar-refractivity contribution in [1.29, 1.82) is 0 Å². The number of carbonyl (C=O) groups excluding carboxylic acids is 3. The summed E-state index contributed by atoms with van der Waals surface area (Å²) in [5.74, 6) is -0.390. The molecular weight excluding hydrogens is 522 g/mol. The SMILES string of the molecule is CCCCCCCCCCCCCCCCCCNC(=O)OC(CO)COC(=O)N(CC[N+]1(C)CCCC1)C(C)=O. The summed E-state index contributed by atoms with van der Waals surface area (Å²) in [6, 6.07) is 0. The number of alkyl carbamates (subject to hydrolysis) is 1. The lowest BCUT2D eigenvalue weighted by atomic mass is 10.0. The molecule has 1 aliphatic heterocycles. The van der Waals surface area contributed by atoms with Gasteiger partial charge in [-0.25, -0.2) is 14.5 Å². The minimum Gasteiger partial charge on any atom is -0.445 e. The number of hydrogen-bond donors (Lipinski definition) is 2. The molecule has 0 radical (unpaired) electrons. The highest BCUT2D eigenvalue weighted by Crippen LogP contribution is 2.16. The minimum atomic E-state index is -0.985. The van der Waals surface area contributed by atoms with Gasteiger partial charge in [-0.15, -0.1) is 0 Å². The zero-order valence-electron chi connectivity index (χ0n) is 26.6. The molecule has 1 fully saturated rings. The normalized spacial score (nSPS) is 14.9. The monoisotopic (exact) mass is 584 g/mol. The second kappa shape index (κ2) is 23.7. The van der Waals surface area contributed by atoms with Crippen LogP contribution in [0.1, 0.15) is 129 Å². The Morgan fingerprint density at radius 2 is 1.32 bits per heavy atom. The summed E-state index contributed by atoms with van der Waals surface area (Å²) in [7, 11) is 2.13. The molecule has 9 heteroatoms. The number of nitrogens with one attached hydrogen (secondary N) is 1. The molecule has 1 atom stereocenters. The molecule has 0 aliphatic carbocycles. The number of aliphatic hydroxyl groups is 1. The van der Waals surface area contributed by atoms with Gasteiger partial charge in [-0.1, -0.05) is 103 Å². The fourth-order valence-corrected chi connectivity index (χ4v) is 5.46. The van der Waals surface area contributed by atoms with Crippen molar-refractivity contribution in [3.05, 3.63) is 0 Å². The van der Waals surface area contributed by atoms with Crippen molar-refractivity contribution < 1.29 is 33.4 Å². The molecule has 1 heterocycles. The molecule has 0 aromatic carbocycles. The minimum absolute atomic E-state index is 0.273. The van der Waals surface area contributed by atoms with E-state index >= 15 is 0 Å². The van der Waals surface area contributed by atoms with E-state index in [0.717, 1.165) is 54.6 Å². The number of quaternary nitrogens is 1. The summed E-state index contributed by atoms with van der Waals surface area (Å²) < 4.78 is 11.2. The van der Waals surface area contributed by atoms with Gasteiger partial charge in [-0.05, 0) is 6.42 Å². The number of likely N-dealkylation sites (tertiary alicyclic amines) is 1. The Kier molecular flexibility index (Phi) is 21.4. The van der Waals surface area contributed by atoms with Crippen molar-refractivity contribution in [2.75, 3.05) is 53.0 Å². The van der Waals surface area contributed by atoms with E-state index in [4.69, 9.17) is 9.47 Å². The molecular formula is C32H62N3O6+. The first-order chi connectivity index (χ1) is 19.8. The summed E-state index contributed by atoms with van der Waals surface area (Å²) in [4.78, 5) is 37.6. The van der Waals surface area contributed by atoms with Gasteiger partial charge in [0.2, 0.25) is 5.91 Å². The van der Waals surface area contributed by atoms with E-state index in [-0.39, 0.29) is 19.1 Å². The van der Waals surface area contributed by atoms with E-state index in [1.165, 1.54) is 90.4 Å². The van der Waals surface area contributed by atoms with Crippen molar-refractivity contribution in [2.45, 2.75) is 136 Å². The molecule has 1 unspecified atom stereocenters. The number of aliphatic hydroxyl groups excluding tert-OH is 1. The first kappa shape index (κ1) is 37.2. The number of likely N-dealkylation sites (N-methyl/N-ethyl adjacent to an activating group) is 1. The first-order valence-corrected chi connectivity index (χ1v) is 16.6. The average Bonchev–Trinajstić information content (AvgIpc) is 3.38. The fraction of sp³-hybridized carbons (Fsp3) is 0.906. The van der Waals surface area contributed by atoms with Crippen LogP contribution < -0.4 is 5.32 Å². The van der Waals surface area contributed by atoms with Crippen LogP contribution in [0.3, 0.4) is 0 Å². The third kappa shape index (κ3) is 19.0. The number of amides is 3. The number of carbonyl (C=O) groups is 3. The predicted octanol–water partition coefficient (Wildman–Crippen LogP) is 6.56. The van der Waals surface area contributed by atoms with Crippen LogP contribution in [0.2, 0.25) is 0 Å². The molecule has 1 saturated heterocycles. The molecule has 0 bridgehead atoms. The molecule has 1 aliphatic rings. The zero-order valence-corrected chi connectivity index (χ0v) is 26.6. The second-order valence-electron chi connectivity index (χ2n) is 12.2. The molecule has 0 aromatic heterocycles. The van der Waals surface area contributed by atoms with Gasteiger partial charge in [0.25, 0.3) is 0 Å². The van der Waals surface area contributed by atoms with Crippen LogP contribution >= 0.6 is 0 Å². The maximum atomic E-state index is 12.5. The van der Waals surface area contributed by atoms with Gasteiger partial charge < -0.3 is 24.4 Å². The summed E-state index contributed by atoms with van der Waals surface area (Å²) in [5.41, 5.74) is 0. The van der Waals surface area contributed by atoms with Crippen LogP contribution in [0.25, 0.3) is 0 Å². The summed E-state index contributed by atoms with van der Waals surface area (Å²) >= 11 is 0. The number of nitrogens with zero attached hydrogens (tertiary/aromatic N) is 2. The van der Waals surface area contributed by atoms with Gasteiger partial charge in [-0.2, -0.15) is 0 Å². The highest BCUT2D eigenvalue weighted by Gasteiger charge is 2.30. The van der Waals surface area contributed by atoms with Gasteiger partial charge in [0, 0.05) is 26.3 Å². The smallest absolute Gasteiger partial charge is 0.416 e. The predicted molar refractivity (Wildman–Crippen MR) is 164 cm³/mol. The van der Waals surface area contributed by atoms with Crippen LogP contribution in [0.15, 0.2) is 0 Å². The van der Waals surface area contributed by atoms with Gasteiger partial charge in [0.1, 0.15) is 6.61 Å². The lowest BCUT2D eigenvalue weighted by molar-refractivity contribution is -0.896. The molecule has 0 spiro atoms. The summed E-state index contributed by atoms with van der Waals surface area (Å²) in [6.07, 6.45) is 20.6. The van der Waals surface area contributed by atoms with Crippen molar-refractivity contribution in [1.82, 2.24) is 10.2 Å². The Labute approximate surface area is 250 Å². The Balaban J connectivity index is 2.03. The van der Waals surface area contributed by atoms with Gasteiger partial charge in [-0.3, -0.25) is 4.79 Å². The summed E-state index contributed by atoms with van der Waals surface area (Å²) in [5, 5.41) is 12.3. The first-order valence-electron chi connectivity index (χ1n) is 16.6. The molecule has 9 nitrogen and oxygen atoms in total. The van der Waals surface area contributed by atoms with Crippen molar-refractivity contribution in [2.24, 2.45) is 0 Å². The average molecular weight is 585 g/mol. The van der Waals surface area contributed by atoms with E-state index in [1.807, 2.05) is 0 Å². The maximum absolute atomic E-state index is 12.5. The molecule has 0 aromatic rings. The number of rotatable bonds is 24. The second-order valence-corrected chi connectivity index (χ2v) is 12.2. The number of hydrogen-bond acceptors (Lipinski definition) is 6. The topological polar surface area (TPSA) is 105 Å². The number of imide groups is 1. The Bertz CT molecular complexity index is 699. The Hall–Kier alpha value is -1.87. The molecule has 2 N–H and O–H groups in total. The number of unbranched alkanes of at least 4 members (excludes halogenated alkanes) is 15. The summed E-state index contributed by atoms with van der Waals surface area (Å²) in [6.45, 7) is 6.34. The lowest BCUT2D eigenvalue weighted by Gasteiger charge is -2.31. The molecule has 1 rings (SSSR count). The standard InChI is InChI=1S/C32H61N3O6/c1-4-5-6-7-8-9-10-11-12-13-14-15-16-17-18-19-22-33-31(38)41-30(27-36)28-40-32(39)34(29(2)37)23-26-35(3)24-20-21-25-35/h30,36H,4-28H2,1-3H3/p+1. The number of ether oxygens (including phenoxy) is 2. The largest absolute Gasteiger partial charge is 0.445 e. The van der Waals surface area contributed by atoms with Crippen LogP contribution in [0.4, 0.5) is 9.59 Å². The third-order valence-corrected chi connectivity index (χ3v) is 8.28. The molecule has 41 heavy (non-hydrogen) atoms. The van der Waals surface area contributed by atoms with E-state index < -0.39 is 24.9 Å². The quantitative estimate of drug-likeness (QED) is 0.0983. The molecule has 0 saturated carbocycles. The Morgan fingerprint density at radius 1 is 0.829 bits per heavy atom. The van der Waals surface area contributed by atoms with Crippen LogP contribution in [0.5, 0.6) is 0 Å². The van der Waals surface area contributed by atoms with Crippen molar-refractivity contribution in [3.8, 4) is 0 Å². The van der Waals surface area contributed by atoms with Gasteiger partial charge in [0.05, 0.1) is 39.8 Å². The molecule has 240 valence electrons. The highest BCUT2D eigenvalue weighted by atomic mass is 16.6. The Morgan fingerprint density at radius 3 is 1.78 bits per heavy atom. The van der Waals surface area contributed by atoms with Crippen LogP contribution in [0, 0.1) is 0 Å². The lowest BCUT2D eigenvalue weighted by Crippen LogP contribution is -2.49. The van der Waals surface area contributed by atoms with Gasteiger partial charge >= 0.3 is 12.2 Å². The van der Waals surface area contributed by atoms with E-state index in [9.17, 15) is 19.5 Å².